The van der Waals surface area contributed by atoms with Gasteiger partial charge < -0.3 is 39.5 Å². The van der Waals surface area contributed by atoms with Crippen LogP contribution in [0.4, 0.5) is 9.18 Å². The Morgan fingerprint density at radius 3 is 2.52 bits per heavy atom. The first-order valence-corrected chi connectivity index (χ1v) is 20.3. The van der Waals surface area contributed by atoms with E-state index in [0.717, 1.165) is 58.4 Å². The van der Waals surface area contributed by atoms with Crippen LogP contribution in [0.2, 0.25) is 0 Å². The van der Waals surface area contributed by atoms with Gasteiger partial charge in [-0.2, -0.15) is 0 Å². The number of Topliss-reactive ketones (excluding diaryl/α,β-unsaturated/α-hetero) is 1. The molecule has 2 N–H and O–H groups in total. The zero-order valence-corrected chi connectivity index (χ0v) is 31.6. The quantitative estimate of drug-likeness (QED) is 0.300. The lowest BCUT2D eigenvalue weighted by molar-refractivity contribution is -0.220. The number of likely N-dealkylation sites (tertiary alicyclic amines) is 1. The molecule has 0 aromatic heterocycles. The van der Waals surface area contributed by atoms with E-state index >= 15 is 4.39 Å². The smallest absolute Gasteiger partial charge is 0.407 e. The monoisotopic (exact) mass is 728 g/mol. The van der Waals surface area contributed by atoms with E-state index in [-0.39, 0.29) is 54.0 Å². The molecule has 0 aromatic carbocycles. The number of rotatable bonds is 7. The van der Waals surface area contributed by atoms with Crippen molar-refractivity contribution in [3.8, 4) is 0 Å². The number of alkyl carbamates (subject to hydrolysis) is 1. The van der Waals surface area contributed by atoms with Crippen molar-refractivity contribution >= 4 is 17.8 Å². The van der Waals surface area contributed by atoms with Gasteiger partial charge in [0, 0.05) is 64.0 Å². The fourth-order valence-electron chi connectivity index (χ4n) is 11.1. The molecule has 3 saturated carbocycles. The predicted octanol–water partition coefficient (Wildman–Crippen LogP) is 2.71. The van der Waals surface area contributed by atoms with E-state index in [1.54, 1.807) is 0 Å². The normalized spacial score (nSPS) is 41.0. The molecule has 8 aliphatic rings. The highest BCUT2D eigenvalue weighted by Crippen LogP contribution is 2.53. The molecule has 290 valence electrons. The van der Waals surface area contributed by atoms with Crippen molar-refractivity contribution < 1.29 is 33.0 Å². The van der Waals surface area contributed by atoms with Crippen LogP contribution in [0.3, 0.4) is 0 Å². The summed E-state index contributed by atoms with van der Waals surface area (Å²) < 4.78 is 36.1. The Morgan fingerprint density at radius 2 is 1.73 bits per heavy atom. The zero-order valence-electron chi connectivity index (χ0n) is 31.6. The second kappa shape index (κ2) is 14.7. The third kappa shape index (κ3) is 7.25. The molecule has 0 spiro atoms. The van der Waals surface area contributed by atoms with E-state index in [1.807, 2.05) is 27.0 Å². The summed E-state index contributed by atoms with van der Waals surface area (Å²) in [6.45, 7) is 12.1. The van der Waals surface area contributed by atoms with Gasteiger partial charge in [-0.25, -0.2) is 9.18 Å². The number of piperazine rings is 1. The Labute approximate surface area is 308 Å². The highest BCUT2D eigenvalue weighted by Gasteiger charge is 2.62. The summed E-state index contributed by atoms with van der Waals surface area (Å²) >= 11 is 0. The number of likely N-dealkylation sites (N-methyl/N-ethyl adjacent to an activating group) is 1. The van der Waals surface area contributed by atoms with Crippen molar-refractivity contribution in [1.82, 2.24) is 30.2 Å². The number of alkyl halides is 1. The van der Waals surface area contributed by atoms with Gasteiger partial charge >= 0.3 is 6.09 Å². The first-order chi connectivity index (χ1) is 24.9. The summed E-state index contributed by atoms with van der Waals surface area (Å²) in [7, 11) is 2.14. The summed E-state index contributed by atoms with van der Waals surface area (Å²) in [4.78, 5) is 49.7. The molecule has 8 rings (SSSR count). The summed E-state index contributed by atoms with van der Waals surface area (Å²) in [6, 6.07) is -1.13. The number of carbonyl (C=O) groups is 3. The second-order valence-electron chi connectivity index (χ2n) is 18.1. The molecule has 0 radical (unpaired) electrons. The van der Waals surface area contributed by atoms with Crippen LogP contribution in [0.1, 0.15) is 78.6 Å². The summed E-state index contributed by atoms with van der Waals surface area (Å²) in [5.41, 5.74) is -0.458. The van der Waals surface area contributed by atoms with Crippen molar-refractivity contribution in [3.63, 3.8) is 0 Å². The number of hydrogen-bond donors (Lipinski definition) is 2. The largest absolute Gasteiger partial charge is 0.444 e. The summed E-state index contributed by atoms with van der Waals surface area (Å²) in [6.07, 6.45) is 7.71. The molecule has 13 heteroatoms. The van der Waals surface area contributed by atoms with E-state index in [2.05, 4.69) is 37.3 Å². The van der Waals surface area contributed by atoms with Gasteiger partial charge in [0.25, 0.3) is 5.91 Å². The second-order valence-corrected chi connectivity index (χ2v) is 18.1. The standard InChI is InChI=1S/C39H61FN6O6/c1-39(2,3)52-38(49)42-23-10-13-45(21-23)34-28(40)18-26-33-36(34)51-32-19-25-24-8-5-6-9-30(24)50-31(25)20-29(32)46(33)22-27(35(26)47)37(48)41-11-7-12-44-16-14-43(4)15-17-44/h22-26,28-34,36H,5-21H2,1-4H3,(H,41,48)(H,42,49). The number of morpholine rings is 1. The molecule has 2 amide bonds. The minimum atomic E-state index is -1.31. The fraction of sp³-hybridized carbons (Fsp3) is 0.872. The van der Waals surface area contributed by atoms with Crippen molar-refractivity contribution in [2.45, 2.75) is 139 Å². The minimum Gasteiger partial charge on any atom is -0.444 e. The zero-order chi connectivity index (χ0) is 36.3. The van der Waals surface area contributed by atoms with Crippen LogP contribution in [-0.2, 0) is 23.8 Å². The van der Waals surface area contributed by atoms with E-state index in [0.29, 0.717) is 44.0 Å². The average Bonchev–Trinajstić information content (AvgIpc) is 3.70. The molecule has 12 nitrogen and oxygen atoms in total. The predicted molar refractivity (Wildman–Crippen MR) is 192 cm³/mol. The Morgan fingerprint density at radius 1 is 0.942 bits per heavy atom. The number of amides is 2. The SMILES string of the molecule is CN1CCN(CCCNC(=O)C2=CN3C4CC5OC6CCCCC6C5CC4OC4C(N5CCC(NC(=O)OC(C)(C)C)C5)C(F)CC(C2=O)C43)CC1. The number of nitrogens with zero attached hydrogens (tertiary/aromatic N) is 4. The summed E-state index contributed by atoms with van der Waals surface area (Å²) in [5.74, 6) is -0.347. The van der Waals surface area contributed by atoms with Crippen molar-refractivity contribution in [2.24, 2.45) is 17.8 Å². The number of fused-ring (bicyclic) bond motifs is 5. The maximum Gasteiger partial charge on any atom is 0.407 e. The van der Waals surface area contributed by atoms with E-state index in [4.69, 9.17) is 14.2 Å². The highest BCUT2D eigenvalue weighted by molar-refractivity contribution is 6.20. The van der Waals surface area contributed by atoms with E-state index in [9.17, 15) is 14.4 Å². The van der Waals surface area contributed by atoms with Gasteiger partial charge in [0.2, 0.25) is 0 Å². The molecule has 5 aliphatic heterocycles. The van der Waals surface area contributed by atoms with E-state index in [1.165, 1.54) is 19.3 Å². The van der Waals surface area contributed by atoms with Gasteiger partial charge in [-0.3, -0.25) is 14.5 Å². The molecule has 52 heavy (non-hydrogen) atoms. The van der Waals surface area contributed by atoms with Crippen LogP contribution >= 0.6 is 0 Å². The van der Waals surface area contributed by atoms with Crippen LogP contribution < -0.4 is 10.6 Å². The van der Waals surface area contributed by atoms with Crippen molar-refractivity contribution in [2.75, 3.05) is 59.4 Å². The first-order valence-electron chi connectivity index (χ1n) is 20.3. The molecule has 0 aromatic rings. The number of nitrogens with one attached hydrogen (secondary N) is 2. The molecule has 4 saturated heterocycles. The number of carbonyl (C=O) groups excluding carboxylic acids is 3. The van der Waals surface area contributed by atoms with Crippen molar-refractivity contribution in [1.29, 1.82) is 0 Å². The lowest BCUT2D eigenvalue weighted by Gasteiger charge is -2.61. The van der Waals surface area contributed by atoms with Gasteiger partial charge in [0.15, 0.2) is 5.78 Å². The number of hydrogen-bond acceptors (Lipinski definition) is 10. The maximum atomic E-state index is 16.7. The van der Waals surface area contributed by atoms with Gasteiger partial charge in [0.1, 0.15) is 11.8 Å². The molecule has 7 fully saturated rings. The van der Waals surface area contributed by atoms with E-state index < -0.39 is 35.9 Å². The highest BCUT2D eigenvalue weighted by atomic mass is 19.1. The van der Waals surface area contributed by atoms with Crippen molar-refractivity contribution in [3.05, 3.63) is 11.8 Å². The Hall–Kier alpha value is -2.32. The van der Waals surface area contributed by atoms with Crippen LogP contribution in [0.5, 0.6) is 0 Å². The van der Waals surface area contributed by atoms with Gasteiger partial charge in [0.05, 0.1) is 48.1 Å². The lowest BCUT2D eigenvalue weighted by Crippen LogP contribution is -2.73. The number of halogens is 1. The average molecular weight is 729 g/mol. The molecule has 0 bridgehead atoms. The molecule has 3 aliphatic carbocycles. The summed E-state index contributed by atoms with van der Waals surface area (Å²) in [5, 5.41) is 6.04. The van der Waals surface area contributed by atoms with Gasteiger partial charge in [-0.15, -0.1) is 0 Å². The van der Waals surface area contributed by atoms with Gasteiger partial charge in [-0.1, -0.05) is 12.8 Å². The Balaban J connectivity index is 1.01. The molecule has 5 heterocycles. The minimum absolute atomic E-state index is 0.0449. The molecule has 12 unspecified atom stereocenters. The fourth-order valence-corrected chi connectivity index (χ4v) is 11.1. The van der Waals surface area contributed by atoms with Crippen LogP contribution in [0, 0.1) is 17.8 Å². The molecular formula is C39H61FN6O6. The molecular weight excluding hydrogens is 667 g/mol. The van der Waals surface area contributed by atoms with Gasteiger partial charge in [-0.05, 0) is 91.1 Å². The number of ketones is 1. The van der Waals surface area contributed by atoms with Crippen LogP contribution in [0.25, 0.3) is 0 Å². The van der Waals surface area contributed by atoms with Crippen LogP contribution in [0.15, 0.2) is 11.8 Å². The third-order valence-electron chi connectivity index (χ3n) is 13.6. The lowest BCUT2D eigenvalue weighted by atomic mass is 9.67. The number of ether oxygens (including phenoxy) is 3. The maximum absolute atomic E-state index is 16.7. The Kier molecular flexibility index (Phi) is 10.4. The topological polar surface area (TPSA) is 116 Å². The molecule has 12 atom stereocenters. The first kappa shape index (κ1) is 36.6. The Bertz CT molecular complexity index is 1380. The van der Waals surface area contributed by atoms with Crippen LogP contribution in [-0.4, -0.2) is 157 Å². The third-order valence-corrected chi connectivity index (χ3v) is 13.6.